The molecule has 0 unspecified atom stereocenters. The summed E-state index contributed by atoms with van der Waals surface area (Å²) in [5.41, 5.74) is 7.18. The Morgan fingerprint density at radius 2 is 2.18 bits per heavy atom. The quantitative estimate of drug-likeness (QED) is 0.603. The third-order valence-electron chi connectivity index (χ3n) is 3.20. The molecule has 1 aromatic carbocycles. The fourth-order valence-electron chi connectivity index (χ4n) is 2.13. The van der Waals surface area contributed by atoms with Gasteiger partial charge in [-0.05, 0) is 12.1 Å². The fraction of sp³-hybridized carbons (Fsp3) is 0. The summed E-state index contributed by atoms with van der Waals surface area (Å²) >= 11 is 1.32. The van der Waals surface area contributed by atoms with Crippen LogP contribution in [0.2, 0.25) is 0 Å². The molecule has 4 rings (SSSR count). The summed E-state index contributed by atoms with van der Waals surface area (Å²) in [6, 6.07) is 9.32. The molecule has 108 valence electrons. The van der Waals surface area contributed by atoms with Crippen LogP contribution in [-0.4, -0.2) is 26.2 Å². The van der Waals surface area contributed by atoms with E-state index in [0.717, 1.165) is 10.9 Å². The SMILES string of the molecule is NC(=O)c1csc(-c2nc(-c3n[nH]c4ccccc34)no2)c1. The highest BCUT2D eigenvalue weighted by Crippen LogP contribution is 2.29. The topological polar surface area (TPSA) is 111 Å². The number of aromatic nitrogens is 4. The van der Waals surface area contributed by atoms with Crippen LogP contribution in [0.5, 0.6) is 0 Å². The van der Waals surface area contributed by atoms with Crippen molar-refractivity contribution in [2.24, 2.45) is 5.73 Å². The van der Waals surface area contributed by atoms with E-state index >= 15 is 0 Å². The summed E-state index contributed by atoms with van der Waals surface area (Å²) in [7, 11) is 0. The summed E-state index contributed by atoms with van der Waals surface area (Å²) < 4.78 is 5.26. The lowest BCUT2D eigenvalue weighted by atomic mass is 10.2. The summed E-state index contributed by atoms with van der Waals surface area (Å²) in [6.07, 6.45) is 0. The van der Waals surface area contributed by atoms with E-state index in [-0.39, 0.29) is 0 Å². The van der Waals surface area contributed by atoms with Gasteiger partial charge in [0.05, 0.1) is 16.0 Å². The Kier molecular flexibility index (Phi) is 2.76. The summed E-state index contributed by atoms with van der Waals surface area (Å²) in [6.45, 7) is 0. The van der Waals surface area contributed by atoms with Crippen molar-refractivity contribution in [3.63, 3.8) is 0 Å². The zero-order valence-electron chi connectivity index (χ0n) is 11.1. The second-order valence-corrected chi connectivity index (χ2v) is 5.52. The highest BCUT2D eigenvalue weighted by atomic mass is 32.1. The minimum absolute atomic E-state index is 0.333. The number of fused-ring (bicyclic) bond motifs is 1. The standard InChI is InChI=1S/C14H9N5O2S/c15-12(20)7-5-10(22-6-7)14-16-13(19-21-14)11-8-3-1-2-4-9(8)17-18-11/h1-6H,(H2,15,20)(H,17,18). The number of H-pyrrole nitrogens is 1. The molecule has 0 atom stereocenters. The van der Waals surface area contributed by atoms with Crippen LogP contribution in [0.4, 0.5) is 0 Å². The van der Waals surface area contributed by atoms with Crippen molar-refractivity contribution in [3.05, 3.63) is 41.3 Å². The summed E-state index contributed by atoms with van der Waals surface area (Å²) in [5.74, 6) is 0.238. The van der Waals surface area contributed by atoms with Crippen LogP contribution >= 0.6 is 11.3 Å². The monoisotopic (exact) mass is 311 g/mol. The van der Waals surface area contributed by atoms with Gasteiger partial charge in [0.25, 0.3) is 5.89 Å². The van der Waals surface area contributed by atoms with Gasteiger partial charge in [0.2, 0.25) is 11.7 Å². The largest absolute Gasteiger partial charge is 0.366 e. The van der Waals surface area contributed by atoms with Gasteiger partial charge in [-0.1, -0.05) is 23.4 Å². The van der Waals surface area contributed by atoms with Crippen LogP contribution in [0, 0.1) is 0 Å². The number of amides is 1. The maximum absolute atomic E-state index is 11.1. The Bertz CT molecular complexity index is 984. The van der Waals surface area contributed by atoms with Crippen LogP contribution in [-0.2, 0) is 0 Å². The molecule has 0 aliphatic carbocycles. The van der Waals surface area contributed by atoms with E-state index < -0.39 is 5.91 Å². The molecule has 0 radical (unpaired) electrons. The highest BCUT2D eigenvalue weighted by molar-refractivity contribution is 7.13. The fourth-order valence-corrected chi connectivity index (χ4v) is 2.95. The number of benzene rings is 1. The minimum atomic E-state index is -0.486. The van der Waals surface area contributed by atoms with E-state index in [0.29, 0.717) is 27.8 Å². The first-order chi connectivity index (χ1) is 10.7. The first-order valence-corrected chi connectivity index (χ1v) is 7.26. The molecule has 0 bridgehead atoms. The van der Waals surface area contributed by atoms with Crippen molar-refractivity contribution in [1.82, 2.24) is 20.3 Å². The maximum Gasteiger partial charge on any atom is 0.268 e. The maximum atomic E-state index is 11.1. The van der Waals surface area contributed by atoms with Gasteiger partial charge >= 0.3 is 0 Å². The number of aromatic amines is 1. The number of nitrogens with zero attached hydrogens (tertiary/aromatic N) is 3. The van der Waals surface area contributed by atoms with Gasteiger partial charge in [-0.25, -0.2) is 0 Å². The lowest BCUT2D eigenvalue weighted by molar-refractivity contribution is 0.100. The Morgan fingerprint density at radius 1 is 1.32 bits per heavy atom. The number of rotatable bonds is 3. The van der Waals surface area contributed by atoms with Gasteiger partial charge in [-0.3, -0.25) is 9.89 Å². The molecule has 0 spiro atoms. The highest BCUT2D eigenvalue weighted by Gasteiger charge is 2.17. The summed E-state index contributed by atoms with van der Waals surface area (Å²) in [4.78, 5) is 16.2. The van der Waals surface area contributed by atoms with Crippen molar-refractivity contribution < 1.29 is 9.32 Å². The number of hydrogen-bond acceptors (Lipinski definition) is 6. The van der Waals surface area contributed by atoms with Crippen LogP contribution in [0.3, 0.4) is 0 Å². The molecule has 7 nitrogen and oxygen atoms in total. The normalized spacial score (nSPS) is 11.1. The molecular weight excluding hydrogens is 302 g/mol. The first-order valence-electron chi connectivity index (χ1n) is 6.38. The van der Waals surface area contributed by atoms with Crippen molar-refractivity contribution in [2.45, 2.75) is 0 Å². The van der Waals surface area contributed by atoms with Gasteiger partial charge in [-0.2, -0.15) is 10.1 Å². The van der Waals surface area contributed by atoms with E-state index in [1.54, 1.807) is 11.4 Å². The number of thiophene rings is 1. The lowest BCUT2D eigenvalue weighted by Crippen LogP contribution is -2.08. The molecule has 4 aromatic rings. The Balaban J connectivity index is 1.76. The zero-order valence-corrected chi connectivity index (χ0v) is 11.9. The van der Waals surface area contributed by atoms with Gasteiger partial charge in [0, 0.05) is 10.8 Å². The number of nitrogens with one attached hydrogen (secondary N) is 1. The van der Waals surface area contributed by atoms with Crippen LogP contribution in [0.25, 0.3) is 33.2 Å². The molecule has 3 aromatic heterocycles. The van der Waals surface area contributed by atoms with Crippen molar-refractivity contribution in [3.8, 4) is 22.3 Å². The van der Waals surface area contributed by atoms with E-state index in [1.807, 2.05) is 24.3 Å². The average Bonchev–Trinajstić information content (AvgIpc) is 3.25. The number of para-hydroxylation sites is 1. The number of hydrogen-bond donors (Lipinski definition) is 2. The number of carbonyl (C=O) groups excluding carboxylic acids is 1. The van der Waals surface area contributed by atoms with Gasteiger partial charge < -0.3 is 10.3 Å². The Morgan fingerprint density at radius 3 is 3.00 bits per heavy atom. The van der Waals surface area contributed by atoms with Crippen molar-refractivity contribution in [1.29, 1.82) is 0 Å². The van der Waals surface area contributed by atoms with Crippen LogP contribution in [0.1, 0.15) is 10.4 Å². The zero-order chi connectivity index (χ0) is 15.1. The van der Waals surface area contributed by atoms with E-state index in [4.69, 9.17) is 10.3 Å². The van der Waals surface area contributed by atoms with E-state index in [2.05, 4.69) is 20.3 Å². The second kappa shape index (κ2) is 4.78. The molecule has 1 amide bonds. The van der Waals surface area contributed by atoms with Crippen LogP contribution in [0.15, 0.2) is 40.2 Å². The molecule has 0 saturated carbocycles. The van der Waals surface area contributed by atoms with Crippen molar-refractivity contribution in [2.75, 3.05) is 0 Å². The predicted octanol–water partition coefficient (Wildman–Crippen LogP) is 2.44. The first kappa shape index (κ1) is 12.7. The minimum Gasteiger partial charge on any atom is -0.366 e. The summed E-state index contributed by atoms with van der Waals surface area (Å²) in [5, 5.41) is 13.7. The molecule has 0 saturated heterocycles. The molecule has 3 heterocycles. The van der Waals surface area contributed by atoms with Crippen molar-refractivity contribution >= 4 is 28.1 Å². The van der Waals surface area contributed by atoms with E-state index in [1.165, 1.54) is 11.3 Å². The molecule has 0 aliphatic heterocycles. The lowest BCUT2D eigenvalue weighted by Gasteiger charge is -1.88. The number of primary amides is 1. The van der Waals surface area contributed by atoms with Gasteiger partial charge in [-0.15, -0.1) is 11.3 Å². The third-order valence-corrected chi connectivity index (χ3v) is 4.12. The Labute approximate surface area is 127 Å². The number of carbonyl (C=O) groups is 1. The smallest absolute Gasteiger partial charge is 0.268 e. The molecular formula is C14H9N5O2S. The Hall–Kier alpha value is -3.00. The molecule has 0 aliphatic rings. The van der Waals surface area contributed by atoms with Crippen LogP contribution < -0.4 is 5.73 Å². The molecule has 0 fully saturated rings. The number of nitrogens with two attached hydrogens (primary N) is 1. The molecule has 8 heteroatoms. The molecule has 22 heavy (non-hydrogen) atoms. The predicted molar refractivity (Wildman–Crippen MR) is 81.2 cm³/mol. The second-order valence-electron chi connectivity index (χ2n) is 4.60. The molecule has 3 N–H and O–H groups in total. The average molecular weight is 311 g/mol. The third kappa shape index (κ3) is 1.97. The van der Waals surface area contributed by atoms with Gasteiger partial charge in [0.15, 0.2) is 0 Å². The van der Waals surface area contributed by atoms with Gasteiger partial charge in [0.1, 0.15) is 5.69 Å². The van der Waals surface area contributed by atoms with E-state index in [9.17, 15) is 4.79 Å².